The van der Waals surface area contributed by atoms with Crippen molar-refractivity contribution in [2.75, 3.05) is 30.3 Å². The predicted molar refractivity (Wildman–Crippen MR) is 119 cm³/mol. The highest BCUT2D eigenvalue weighted by Gasteiger charge is 2.45. The Morgan fingerprint density at radius 2 is 1.90 bits per heavy atom. The largest absolute Gasteiger partial charge is 0.444 e. The number of rotatable bonds is 1. The molecule has 4 aliphatic rings. The van der Waals surface area contributed by atoms with Gasteiger partial charge < -0.3 is 14.5 Å². The molecule has 0 radical (unpaired) electrons. The van der Waals surface area contributed by atoms with Gasteiger partial charge in [-0.1, -0.05) is 18.9 Å². The maximum atomic E-state index is 12.8. The number of piperidine rings is 1. The third-order valence-corrected chi connectivity index (χ3v) is 8.18. The summed E-state index contributed by atoms with van der Waals surface area (Å²) in [7, 11) is 0. The van der Waals surface area contributed by atoms with Crippen molar-refractivity contribution < 1.29 is 9.53 Å². The Hall–Kier alpha value is -1.36. The van der Waals surface area contributed by atoms with E-state index in [0.29, 0.717) is 12.0 Å². The van der Waals surface area contributed by atoms with Crippen molar-refractivity contribution in [1.29, 1.82) is 0 Å². The number of carbonyl (C=O) groups is 1. The molecule has 2 atom stereocenters. The van der Waals surface area contributed by atoms with Crippen LogP contribution < -0.4 is 4.90 Å². The monoisotopic (exact) mass is 414 g/mol. The smallest absolute Gasteiger partial charge is 0.410 e. The highest BCUT2D eigenvalue weighted by molar-refractivity contribution is 7.99. The van der Waals surface area contributed by atoms with Gasteiger partial charge in [0, 0.05) is 36.5 Å². The average Bonchev–Trinajstić information content (AvgIpc) is 3.24. The number of benzene rings is 1. The Morgan fingerprint density at radius 3 is 2.66 bits per heavy atom. The summed E-state index contributed by atoms with van der Waals surface area (Å²) in [5.41, 5.74) is 4.13. The van der Waals surface area contributed by atoms with Gasteiger partial charge >= 0.3 is 6.09 Å². The minimum atomic E-state index is -0.437. The van der Waals surface area contributed by atoms with Crippen LogP contribution >= 0.6 is 11.8 Å². The summed E-state index contributed by atoms with van der Waals surface area (Å²) in [5, 5.41) is 0. The zero-order chi connectivity index (χ0) is 20.2. The minimum Gasteiger partial charge on any atom is -0.444 e. The summed E-state index contributed by atoms with van der Waals surface area (Å²) in [5.74, 6) is 2.38. The van der Waals surface area contributed by atoms with E-state index in [4.69, 9.17) is 4.74 Å². The minimum absolute atomic E-state index is 0.149. The number of carbonyl (C=O) groups excluding carboxylic acids is 1. The maximum absolute atomic E-state index is 12.8. The Balaban J connectivity index is 1.48. The third kappa shape index (κ3) is 3.64. The molecule has 3 aliphatic heterocycles. The van der Waals surface area contributed by atoms with Crippen LogP contribution in [-0.2, 0) is 4.74 Å². The molecule has 1 saturated heterocycles. The Kier molecular flexibility index (Phi) is 5.00. The first-order chi connectivity index (χ1) is 13.9. The quantitative estimate of drug-likeness (QED) is 0.585. The highest BCUT2D eigenvalue weighted by Crippen LogP contribution is 2.52. The van der Waals surface area contributed by atoms with Crippen LogP contribution in [-0.4, -0.2) is 48.0 Å². The van der Waals surface area contributed by atoms with Crippen molar-refractivity contribution in [1.82, 2.24) is 4.90 Å². The fourth-order valence-corrected chi connectivity index (χ4v) is 6.90. The van der Waals surface area contributed by atoms with Crippen LogP contribution in [0.15, 0.2) is 17.0 Å². The van der Waals surface area contributed by atoms with E-state index in [-0.39, 0.29) is 6.09 Å². The van der Waals surface area contributed by atoms with Crippen LogP contribution in [0.5, 0.6) is 0 Å². The highest BCUT2D eigenvalue weighted by atomic mass is 32.2. The van der Waals surface area contributed by atoms with Gasteiger partial charge in [0.05, 0.1) is 5.69 Å². The van der Waals surface area contributed by atoms with E-state index in [1.165, 1.54) is 54.0 Å². The summed E-state index contributed by atoms with van der Waals surface area (Å²) in [6.45, 7) is 8.61. The van der Waals surface area contributed by atoms with Crippen LogP contribution in [0.3, 0.4) is 0 Å². The summed E-state index contributed by atoms with van der Waals surface area (Å²) in [6.07, 6.45) is 7.56. The molecule has 0 aromatic heterocycles. The third-order valence-electron chi connectivity index (χ3n) is 7.07. The molecular weight excluding hydrogens is 380 g/mol. The van der Waals surface area contributed by atoms with E-state index in [0.717, 1.165) is 32.0 Å². The van der Waals surface area contributed by atoms with Gasteiger partial charge in [0.1, 0.15) is 5.60 Å². The normalized spacial score (nSPS) is 26.9. The fraction of sp³-hybridized carbons (Fsp3) is 0.708. The van der Waals surface area contributed by atoms with Crippen molar-refractivity contribution in [3.05, 3.63) is 23.3 Å². The zero-order valence-electron chi connectivity index (χ0n) is 18.1. The lowest BCUT2D eigenvalue weighted by molar-refractivity contribution is 0.0189. The lowest BCUT2D eigenvalue weighted by Crippen LogP contribution is -2.49. The van der Waals surface area contributed by atoms with Crippen molar-refractivity contribution in [2.24, 2.45) is 0 Å². The molecule has 1 aromatic carbocycles. The molecule has 1 aliphatic carbocycles. The number of ether oxygens (including phenoxy) is 1. The molecule has 4 nitrogen and oxygen atoms in total. The predicted octanol–water partition coefficient (Wildman–Crippen LogP) is 5.75. The van der Waals surface area contributed by atoms with Gasteiger partial charge in [-0.25, -0.2) is 4.79 Å². The van der Waals surface area contributed by atoms with Gasteiger partial charge in [0.25, 0.3) is 0 Å². The second-order valence-corrected chi connectivity index (χ2v) is 11.4. The second kappa shape index (κ2) is 7.40. The number of fused-ring (bicyclic) bond motifs is 3. The molecule has 0 N–H and O–H groups in total. The Morgan fingerprint density at radius 1 is 1.10 bits per heavy atom. The molecule has 5 heteroatoms. The first-order valence-electron chi connectivity index (χ1n) is 11.5. The van der Waals surface area contributed by atoms with Gasteiger partial charge in [-0.05, 0) is 75.3 Å². The first-order valence-corrected chi connectivity index (χ1v) is 12.4. The van der Waals surface area contributed by atoms with E-state index in [1.54, 1.807) is 5.56 Å². The Labute approximate surface area is 179 Å². The second-order valence-electron chi connectivity index (χ2n) is 10.2. The van der Waals surface area contributed by atoms with Gasteiger partial charge in [-0.15, -0.1) is 11.8 Å². The lowest BCUT2D eigenvalue weighted by Gasteiger charge is -2.39. The summed E-state index contributed by atoms with van der Waals surface area (Å²) in [6, 6.07) is 5.58. The van der Waals surface area contributed by atoms with E-state index in [1.807, 2.05) is 25.7 Å². The van der Waals surface area contributed by atoms with Crippen LogP contribution in [0.1, 0.15) is 82.3 Å². The number of anilines is 1. The van der Waals surface area contributed by atoms with Crippen molar-refractivity contribution in [2.45, 2.75) is 87.7 Å². The number of likely N-dealkylation sites (tertiary alicyclic amines) is 1. The first kappa shape index (κ1) is 19.6. The standard InChI is InChI=1S/C24H34N2O2S/c1-24(2,3)28-23(27)25-11-9-20-19(15-25)18-13-17(16-7-4-5-8-16)14-21-22(18)26(20)10-6-12-29-21/h13-14,16,19-20H,4-12,15H2,1-3H3/t19-,20-/m0/s1. The van der Waals surface area contributed by atoms with Crippen molar-refractivity contribution in [3.63, 3.8) is 0 Å². The van der Waals surface area contributed by atoms with Gasteiger partial charge in [-0.2, -0.15) is 0 Å². The number of thioether (sulfide) groups is 1. The lowest BCUT2D eigenvalue weighted by atomic mass is 9.86. The van der Waals surface area contributed by atoms with E-state index in [2.05, 4.69) is 28.8 Å². The summed E-state index contributed by atoms with van der Waals surface area (Å²) < 4.78 is 5.70. The van der Waals surface area contributed by atoms with E-state index < -0.39 is 5.60 Å². The van der Waals surface area contributed by atoms with Crippen LogP contribution in [0, 0.1) is 0 Å². The molecular formula is C24H34N2O2S. The summed E-state index contributed by atoms with van der Waals surface area (Å²) in [4.78, 5) is 18.9. The Bertz CT molecular complexity index is 797. The molecule has 158 valence electrons. The molecule has 0 bridgehead atoms. The van der Waals surface area contributed by atoms with Crippen molar-refractivity contribution in [3.8, 4) is 0 Å². The molecule has 0 unspecified atom stereocenters. The van der Waals surface area contributed by atoms with Crippen molar-refractivity contribution >= 4 is 23.5 Å². The molecule has 2 fully saturated rings. The molecule has 0 spiro atoms. The molecule has 1 amide bonds. The van der Waals surface area contributed by atoms with Gasteiger partial charge in [0.2, 0.25) is 0 Å². The summed E-state index contributed by atoms with van der Waals surface area (Å²) >= 11 is 2.05. The van der Waals surface area contributed by atoms with E-state index >= 15 is 0 Å². The maximum Gasteiger partial charge on any atom is 0.410 e. The van der Waals surface area contributed by atoms with Gasteiger partial charge in [0.15, 0.2) is 0 Å². The number of hydrogen-bond donors (Lipinski definition) is 0. The fourth-order valence-electron chi connectivity index (χ4n) is 5.82. The molecule has 29 heavy (non-hydrogen) atoms. The molecule has 5 rings (SSSR count). The van der Waals surface area contributed by atoms with Crippen LogP contribution in [0.2, 0.25) is 0 Å². The SMILES string of the molecule is CC(C)(C)OC(=O)N1CC[C@H]2[C@@H](C1)c1cc(C3CCCC3)cc3c1N2CCCS3. The van der Waals surface area contributed by atoms with Crippen LogP contribution in [0.25, 0.3) is 0 Å². The number of hydrogen-bond acceptors (Lipinski definition) is 4. The van der Waals surface area contributed by atoms with E-state index in [9.17, 15) is 4.79 Å². The number of nitrogens with zero attached hydrogens (tertiary/aromatic N) is 2. The average molecular weight is 415 g/mol. The zero-order valence-corrected chi connectivity index (χ0v) is 18.9. The van der Waals surface area contributed by atoms with Crippen LogP contribution in [0.4, 0.5) is 10.5 Å². The number of amides is 1. The molecule has 1 aromatic rings. The topological polar surface area (TPSA) is 32.8 Å². The molecule has 1 saturated carbocycles. The van der Waals surface area contributed by atoms with Gasteiger partial charge in [-0.3, -0.25) is 0 Å². The molecule has 3 heterocycles.